The van der Waals surface area contributed by atoms with E-state index < -0.39 is 0 Å². The maximum atomic E-state index is 12.4. The van der Waals surface area contributed by atoms with E-state index in [2.05, 4.69) is 15.5 Å². The van der Waals surface area contributed by atoms with Crippen LogP contribution in [0.5, 0.6) is 0 Å². The number of benzene rings is 1. The maximum absolute atomic E-state index is 12.4. The van der Waals surface area contributed by atoms with Crippen molar-refractivity contribution in [1.29, 1.82) is 0 Å². The molecule has 0 spiro atoms. The number of anilines is 1. The van der Waals surface area contributed by atoms with Crippen LogP contribution in [0.3, 0.4) is 0 Å². The Hall–Kier alpha value is -4.26. The van der Waals surface area contributed by atoms with Gasteiger partial charge in [0.1, 0.15) is 17.1 Å². The number of rotatable bonds is 5. The summed E-state index contributed by atoms with van der Waals surface area (Å²) in [6, 6.07) is 17.3. The van der Waals surface area contributed by atoms with E-state index in [1.807, 2.05) is 78.3 Å². The van der Waals surface area contributed by atoms with Crippen LogP contribution in [0.1, 0.15) is 11.3 Å². The average molecular weight is 409 g/mol. The molecule has 0 aliphatic heterocycles. The number of carbonyl (C=O) groups is 1. The zero-order valence-corrected chi connectivity index (χ0v) is 16.8. The van der Waals surface area contributed by atoms with Crippen molar-refractivity contribution < 1.29 is 9.32 Å². The number of amides is 1. The molecule has 1 N–H and O–H groups in total. The van der Waals surface area contributed by atoms with Crippen molar-refractivity contribution in [3.05, 3.63) is 90.7 Å². The van der Waals surface area contributed by atoms with E-state index in [1.54, 1.807) is 12.4 Å². The molecule has 0 saturated carbocycles. The van der Waals surface area contributed by atoms with Gasteiger partial charge in [0, 0.05) is 42.1 Å². The van der Waals surface area contributed by atoms with Gasteiger partial charge in [0.05, 0.1) is 17.7 Å². The number of fused-ring (bicyclic) bond motifs is 1. The second kappa shape index (κ2) is 7.87. The Balaban J connectivity index is 1.43. The third-order valence-corrected chi connectivity index (χ3v) is 5.00. The van der Waals surface area contributed by atoms with Crippen molar-refractivity contribution in [2.24, 2.45) is 0 Å². The Morgan fingerprint density at radius 2 is 2.00 bits per heavy atom. The molecule has 0 aliphatic carbocycles. The largest absolute Gasteiger partial charge is 0.360 e. The van der Waals surface area contributed by atoms with Crippen molar-refractivity contribution >= 4 is 17.2 Å². The van der Waals surface area contributed by atoms with Gasteiger partial charge in [-0.05, 0) is 24.6 Å². The fourth-order valence-corrected chi connectivity index (χ4v) is 3.54. The predicted molar refractivity (Wildman–Crippen MR) is 117 cm³/mol. The second-order valence-corrected chi connectivity index (χ2v) is 7.22. The molecule has 4 aromatic heterocycles. The van der Waals surface area contributed by atoms with Gasteiger partial charge in [0.15, 0.2) is 0 Å². The summed E-state index contributed by atoms with van der Waals surface area (Å²) in [6.07, 6.45) is 7.44. The molecular weight excluding hydrogens is 390 g/mol. The zero-order chi connectivity index (χ0) is 21.2. The average Bonchev–Trinajstić information content (AvgIpc) is 3.37. The number of aryl methyl sites for hydroxylation is 1. The van der Waals surface area contributed by atoms with Crippen molar-refractivity contribution in [3.8, 4) is 22.5 Å². The minimum atomic E-state index is -0.106. The van der Waals surface area contributed by atoms with E-state index in [4.69, 9.17) is 9.51 Å². The molecule has 0 radical (unpaired) electrons. The Bertz CT molecular complexity index is 1360. The molecule has 5 aromatic rings. The molecule has 4 heterocycles. The van der Waals surface area contributed by atoms with Gasteiger partial charge >= 0.3 is 0 Å². The van der Waals surface area contributed by atoms with Gasteiger partial charge in [-0.1, -0.05) is 41.6 Å². The number of imidazole rings is 1. The highest BCUT2D eigenvalue weighted by atomic mass is 16.5. The number of aromatic nitrogens is 4. The summed E-state index contributed by atoms with van der Waals surface area (Å²) in [5.41, 5.74) is 5.60. The molecule has 0 fully saturated rings. The van der Waals surface area contributed by atoms with Crippen LogP contribution in [0.25, 0.3) is 28.2 Å². The fourth-order valence-electron chi connectivity index (χ4n) is 3.54. The van der Waals surface area contributed by atoms with E-state index in [0.29, 0.717) is 17.1 Å². The van der Waals surface area contributed by atoms with Gasteiger partial charge in [-0.25, -0.2) is 4.98 Å². The highest BCUT2D eigenvalue weighted by Crippen LogP contribution is 2.33. The summed E-state index contributed by atoms with van der Waals surface area (Å²) in [4.78, 5) is 21.2. The summed E-state index contributed by atoms with van der Waals surface area (Å²) < 4.78 is 7.38. The first-order chi connectivity index (χ1) is 15.2. The number of nitrogens with one attached hydrogen (secondary N) is 1. The Kier molecular flexibility index (Phi) is 4.76. The van der Waals surface area contributed by atoms with Gasteiger partial charge in [-0.3, -0.25) is 9.78 Å². The number of nitrogens with zero attached hydrogens (tertiary/aromatic N) is 4. The summed E-state index contributed by atoms with van der Waals surface area (Å²) in [5.74, 6) is 0.595. The monoisotopic (exact) mass is 409 g/mol. The third-order valence-electron chi connectivity index (χ3n) is 5.00. The van der Waals surface area contributed by atoms with Gasteiger partial charge in [-0.2, -0.15) is 0 Å². The first-order valence-corrected chi connectivity index (χ1v) is 9.87. The molecule has 152 valence electrons. The summed E-state index contributed by atoms with van der Waals surface area (Å²) >= 11 is 0. The molecule has 0 atom stereocenters. The lowest BCUT2D eigenvalue weighted by Crippen LogP contribution is -2.14. The van der Waals surface area contributed by atoms with Crippen molar-refractivity contribution in [2.75, 3.05) is 5.32 Å². The lowest BCUT2D eigenvalue weighted by Gasteiger charge is -2.05. The molecule has 0 aliphatic rings. The molecule has 1 amide bonds. The fraction of sp³-hybridized carbons (Fsp3) is 0.0833. The highest BCUT2D eigenvalue weighted by molar-refractivity contribution is 5.92. The minimum Gasteiger partial charge on any atom is -0.360 e. The first kappa shape index (κ1) is 18.7. The molecule has 0 unspecified atom stereocenters. The number of pyridine rings is 2. The van der Waals surface area contributed by atoms with Crippen molar-refractivity contribution in [1.82, 2.24) is 19.5 Å². The standard InChI is InChI=1S/C24H19N5O2/c1-16-23(24(28-31-16)18-7-3-2-4-8-18)20-15-29-11-9-19(13-21(29)27-20)26-22(30)12-17-6-5-10-25-14-17/h2-11,13-15H,12H2,1H3,(H,26,30). The highest BCUT2D eigenvalue weighted by Gasteiger charge is 2.19. The Labute approximate surface area is 178 Å². The van der Waals surface area contributed by atoms with Crippen molar-refractivity contribution in [2.45, 2.75) is 13.3 Å². The van der Waals surface area contributed by atoms with Gasteiger partial charge in [0.2, 0.25) is 5.91 Å². The SMILES string of the molecule is Cc1onc(-c2ccccc2)c1-c1cn2ccc(NC(=O)Cc3cccnc3)cc2n1. The molecule has 0 saturated heterocycles. The van der Waals surface area contributed by atoms with Gasteiger partial charge in [0.25, 0.3) is 0 Å². The molecule has 1 aromatic carbocycles. The first-order valence-electron chi connectivity index (χ1n) is 9.87. The minimum absolute atomic E-state index is 0.106. The van der Waals surface area contributed by atoms with E-state index in [-0.39, 0.29) is 12.3 Å². The topological polar surface area (TPSA) is 85.3 Å². The molecule has 31 heavy (non-hydrogen) atoms. The van der Waals surface area contributed by atoms with Crippen LogP contribution < -0.4 is 5.32 Å². The van der Waals surface area contributed by atoms with E-state index in [9.17, 15) is 4.79 Å². The van der Waals surface area contributed by atoms with E-state index >= 15 is 0 Å². The summed E-state index contributed by atoms with van der Waals surface area (Å²) in [7, 11) is 0. The Morgan fingerprint density at radius 1 is 1.13 bits per heavy atom. The van der Waals surface area contributed by atoms with E-state index in [1.165, 1.54) is 0 Å². The van der Waals surface area contributed by atoms with Crippen LogP contribution in [0, 0.1) is 6.92 Å². The molecule has 0 bridgehead atoms. The summed E-state index contributed by atoms with van der Waals surface area (Å²) in [6.45, 7) is 1.88. The zero-order valence-electron chi connectivity index (χ0n) is 16.8. The molecule has 7 nitrogen and oxygen atoms in total. The van der Waals surface area contributed by atoms with Crippen LogP contribution in [0.4, 0.5) is 5.69 Å². The molecule has 7 heteroatoms. The van der Waals surface area contributed by atoms with Crippen LogP contribution in [0.2, 0.25) is 0 Å². The predicted octanol–water partition coefficient (Wildman–Crippen LogP) is 4.54. The lowest BCUT2D eigenvalue weighted by molar-refractivity contribution is -0.115. The third kappa shape index (κ3) is 3.81. The molecule has 5 rings (SSSR count). The van der Waals surface area contributed by atoms with Crippen LogP contribution in [0.15, 0.2) is 83.9 Å². The normalized spacial score (nSPS) is 11.0. The van der Waals surface area contributed by atoms with E-state index in [0.717, 1.165) is 28.1 Å². The number of hydrogen-bond donors (Lipinski definition) is 1. The van der Waals surface area contributed by atoms with Crippen LogP contribution in [-0.4, -0.2) is 25.4 Å². The quantitative estimate of drug-likeness (QED) is 0.461. The van der Waals surface area contributed by atoms with Crippen LogP contribution in [-0.2, 0) is 11.2 Å². The van der Waals surface area contributed by atoms with Gasteiger partial charge < -0.3 is 14.2 Å². The number of carbonyl (C=O) groups excluding carboxylic acids is 1. The maximum Gasteiger partial charge on any atom is 0.228 e. The smallest absolute Gasteiger partial charge is 0.228 e. The second-order valence-electron chi connectivity index (χ2n) is 7.22. The number of hydrogen-bond acceptors (Lipinski definition) is 5. The Morgan fingerprint density at radius 3 is 2.81 bits per heavy atom. The van der Waals surface area contributed by atoms with Gasteiger partial charge in [-0.15, -0.1) is 0 Å². The molecular formula is C24H19N5O2. The van der Waals surface area contributed by atoms with Crippen LogP contribution >= 0.6 is 0 Å². The van der Waals surface area contributed by atoms with Crippen molar-refractivity contribution in [3.63, 3.8) is 0 Å². The lowest BCUT2D eigenvalue weighted by atomic mass is 10.0. The summed E-state index contributed by atoms with van der Waals surface area (Å²) in [5, 5.41) is 7.17.